The molecule has 1 rings (SSSR count). The summed E-state index contributed by atoms with van der Waals surface area (Å²) in [7, 11) is 0. The van der Waals surface area contributed by atoms with Crippen molar-refractivity contribution in [1.29, 1.82) is 0 Å². The van der Waals surface area contributed by atoms with E-state index >= 15 is 0 Å². The molecule has 10 heavy (non-hydrogen) atoms. The van der Waals surface area contributed by atoms with Crippen molar-refractivity contribution in [3.8, 4) is 0 Å². The van der Waals surface area contributed by atoms with Gasteiger partial charge in [0.15, 0.2) is 6.33 Å². The molecule has 6 nitrogen and oxygen atoms in total. The summed E-state index contributed by atoms with van der Waals surface area (Å²) in [6, 6.07) is 0. The normalized spacial score (nSPS) is 9.60. The van der Waals surface area contributed by atoms with Crippen molar-refractivity contribution in [2.45, 2.75) is 13.0 Å². The molecule has 0 unspecified atom stereocenters. The van der Waals surface area contributed by atoms with Gasteiger partial charge in [0, 0.05) is 0 Å². The number of rotatable bonds is 3. The van der Waals surface area contributed by atoms with Crippen LogP contribution in [0.3, 0.4) is 0 Å². The van der Waals surface area contributed by atoms with E-state index in [1.165, 1.54) is 11.1 Å². The summed E-state index contributed by atoms with van der Waals surface area (Å²) in [5.74, 6) is -0.864. The second-order valence-corrected chi connectivity index (χ2v) is 1.68. The predicted octanol–water partition coefficient (Wildman–Crippen LogP) is -0.852. The first-order valence-corrected chi connectivity index (χ1v) is 2.71. The molecule has 0 saturated heterocycles. The van der Waals surface area contributed by atoms with Crippen molar-refractivity contribution >= 4 is 5.97 Å². The summed E-state index contributed by atoms with van der Waals surface area (Å²) >= 11 is 0. The fourth-order valence-corrected chi connectivity index (χ4v) is 0.487. The lowest BCUT2D eigenvalue weighted by atomic mass is 10.4. The summed E-state index contributed by atoms with van der Waals surface area (Å²) in [5, 5.41) is 18.7. The van der Waals surface area contributed by atoms with E-state index in [4.69, 9.17) is 5.11 Å². The van der Waals surface area contributed by atoms with Crippen LogP contribution in [0.25, 0.3) is 0 Å². The Kier molecular flexibility index (Phi) is 1.93. The molecule has 0 spiro atoms. The first-order chi connectivity index (χ1) is 4.79. The van der Waals surface area contributed by atoms with Crippen LogP contribution in [0.2, 0.25) is 0 Å². The van der Waals surface area contributed by atoms with Crippen LogP contribution in [0.15, 0.2) is 6.33 Å². The zero-order chi connectivity index (χ0) is 7.40. The lowest BCUT2D eigenvalue weighted by molar-refractivity contribution is -0.137. The van der Waals surface area contributed by atoms with Gasteiger partial charge in [0.25, 0.3) is 0 Å². The van der Waals surface area contributed by atoms with Gasteiger partial charge < -0.3 is 5.11 Å². The highest BCUT2D eigenvalue weighted by Gasteiger charge is 1.97. The Balaban J connectivity index is 2.35. The van der Waals surface area contributed by atoms with Gasteiger partial charge in [0.2, 0.25) is 0 Å². The van der Waals surface area contributed by atoms with E-state index in [1.54, 1.807) is 0 Å². The van der Waals surface area contributed by atoms with Gasteiger partial charge in [-0.2, -0.15) is 4.80 Å². The molecule has 1 aromatic rings. The van der Waals surface area contributed by atoms with Gasteiger partial charge in [-0.15, -0.1) is 10.2 Å². The Hall–Kier alpha value is -1.46. The fourth-order valence-electron chi connectivity index (χ4n) is 0.487. The second kappa shape index (κ2) is 2.90. The molecule has 0 fully saturated rings. The summed E-state index contributed by atoms with van der Waals surface area (Å²) in [6.07, 6.45) is 1.29. The lowest BCUT2D eigenvalue weighted by Crippen LogP contribution is -2.07. The minimum absolute atomic E-state index is 0.0242. The van der Waals surface area contributed by atoms with Crippen LogP contribution in [0, 0.1) is 0 Å². The zero-order valence-corrected chi connectivity index (χ0v) is 5.14. The first kappa shape index (κ1) is 6.66. The van der Waals surface area contributed by atoms with E-state index in [2.05, 4.69) is 15.4 Å². The van der Waals surface area contributed by atoms with Crippen molar-refractivity contribution in [3.63, 3.8) is 0 Å². The van der Waals surface area contributed by atoms with E-state index < -0.39 is 5.97 Å². The minimum Gasteiger partial charge on any atom is -0.481 e. The monoisotopic (exact) mass is 142 g/mol. The second-order valence-electron chi connectivity index (χ2n) is 1.68. The molecule has 0 saturated carbocycles. The highest BCUT2D eigenvalue weighted by Crippen LogP contribution is 1.82. The van der Waals surface area contributed by atoms with Crippen molar-refractivity contribution < 1.29 is 9.90 Å². The van der Waals surface area contributed by atoms with E-state index in [9.17, 15) is 4.79 Å². The smallest absolute Gasteiger partial charge is 0.305 e. The number of aliphatic carboxylic acids is 1. The van der Waals surface area contributed by atoms with Crippen LogP contribution in [0.5, 0.6) is 0 Å². The highest BCUT2D eigenvalue weighted by molar-refractivity contribution is 5.66. The van der Waals surface area contributed by atoms with Crippen LogP contribution in [-0.4, -0.2) is 31.3 Å². The van der Waals surface area contributed by atoms with Gasteiger partial charge in [-0.05, 0) is 5.21 Å². The molecule has 0 aromatic carbocycles. The molecule has 0 aliphatic carbocycles. The molecular formula is C4H6N4O2. The van der Waals surface area contributed by atoms with Crippen molar-refractivity contribution in [1.82, 2.24) is 20.2 Å². The molecule has 0 bridgehead atoms. The summed E-state index contributed by atoms with van der Waals surface area (Å²) in [4.78, 5) is 11.2. The third-order valence-corrected chi connectivity index (χ3v) is 0.917. The molecule has 54 valence electrons. The number of carbonyl (C=O) groups is 1. The van der Waals surface area contributed by atoms with Crippen molar-refractivity contribution in [2.24, 2.45) is 0 Å². The topological polar surface area (TPSA) is 80.9 Å². The molecule has 0 atom stereocenters. The summed E-state index contributed by atoms with van der Waals surface area (Å²) in [5.41, 5.74) is 0. The van der Waals surface area contributed by atoms with Crippen LogP contribution >= 0.6 is 0 Å². The fraction of sp³-hybridized carbons (Fsp3) is 0.500. The van der Waals surface area contributed by atoms with Gasteiger partial charge in [-0.3, -0.25) is 4.79 Å². The number of tetrazole rings is 1. The molecule has 0 aliphatic rings. The number of hydrogen-bond donors (Lipinski definition) is 1. The number of carboxylic acids is 1. The van der Waals surface area contributed by atoms with Crippen LogP contribution in [0.4, 0.5) is 0 Å². The SMILES string of the molecule is O=C(O)CCn1ncnn1. The first-order valence-electron chi connectivity index (χ1n) is 2.71. The van der Waals surface area contributed by atoms with Crippen molar-refractivity contribution in [2.75, 3.05) is 0 Å². The molecule has 0 radical (unpaired) electrons. The van der Waals surface area contributed by atoms with Crippen LogP contribution in [-0.2, 0) is 11.3 Å². The maximum absolute atomic E-state index is 10.0. The average molecular weight is 142 g/mol. The van der Waals surface area contributed by atoms with Gasteiger partial charge >= 0.3 is 5.97 Å². The lowest BCUT2D eigenvalue weighted by Gasteiger charge is -1.91. The third kappa shape index (κ3) is 1.81. The standard InChI is InChI=1S/C4H6N4O2/c9-4(10)1-2-8-6-3-5-7-8/h3H,1-2H2,(H,9,10). The van der Waals surface area contributed by atoms with Gasteiger partial charge in [0.05, 0.1) is 13.0 Å². The molecule has 1 N–H and O–H groups in total. The van der Waals surface area contributed by atoms with Gasteiger partial charge in [-0.25, -0.2) is 0 Å². The Morgan fingerprint density at radius 1 is 1.70 bits per heavy atom. The largest absolute Gasteiger partial charge is 0.481 e. The number of aromatic nitrogens is 4. The number of nitrogens with zero attached hydrogens (tertiary/aromatic N) is 4. The Morgan fingerprint density at radius 3 is 3.00 bits per heavy atom. The third-order valence-electron chi connectivity index (χ3n) is 0.917. The van der Waals surface area contributed by atoms with E-state index in [-0.39, 0.29) is 13.0 Å². The molecule has 1 heterocycles. The molecule has 0 aliphatic heterocycles. The predicted molar refractivity (Wildman–Crippen MR) is 30.1 cm³/mol. The number of aryl methyl sites for hydroxylation is 1. The summed E-state index contributed by atoms with van der Waals surface area (Å²) < 4.78 is 0. The quantitative estimate of drug-likeness (QED) is 0.594. The van der Waals surface area contributed by atoms with E-state index in [0.29, 0.717) is 0 Å². The Bertz CT molecular complexity index is 207. The van der Waals surface area contributed by atoms with Gasteiger partial charge in [0.1, 0.15) is 0 Å². The van der Waals surface area contributed by atoms with E-state index in [0.717, 1.165) is 0 Å². The van der Waals surface area contributed by atoms with Crippen molar-refractivity contribution in [3.05, 3.63) is 6.33 Å². The summed E-state index contributed by atoms with van der Waals surface area (Å²) in [6.45, 7) is 0.273. The molecule has 1 aromatic heterocycles. The maximum Gasteiger partial charge on any atom is 0.305 e. The average Bonchev–Trinajstić information content (AvgIpc) is 2.34. The molecular weight excluding hydrogens is 136 g/mol. The van der Waals surface area contributed by atoms with Gasteiger partial charge in [-0.1, -0.05) is 0 Å². The minimum atomic E-state index is -0.864. The Morgan fingerprint density at radius 2 is 2.50 bits per heavy atom. The number of carboxylic acid groups (broad SMARTS) is 1. The maximum atomic E-state index is 10.0. The molecule has 6 heteroatoms. The number of hydrogen-bond acceptors (Lipinski definition) is 4. The Labute approximate surface area is 56.5 Å². The zero-order valence-electron chi connectivity index (χ0n) is 5.14. The van der Waals surface area contributed by atoms with E-state index in [1.807, 2.05) is 0 Å². The molecule has 0 amide bonds. The van der Waals surface area contributed by atoms with Crippen LogP contribution < -0.4 is 0 Å². The van der Waals surface area contributed by atoms with Crippen LogP contribution in [0.1, 0.15) is 6.42 Å². The highest BCUT2D eigenvalue weighted by atomic mass is 16.4.